The molecular weight excluding hydrogens is 360 g/mol. The summed E-state index contributed by atoms with van der Waals surface area (Å²) < 4.78 is 5.36. The zero-order chi connectivity index (χ0) is 20.4. The molecule has 5 nitrogen and oxygen atoms in total. The number of hydrogen-bond acceptors (Lipinski definition) is 3. The second kappa shape index (κ2) is 11.6. The van der Waals surface area contributed by atoms with Crippen molar-refractivity contribution in [3.05, 3.63) is 35.9 Å². The van der Waals surface area contributed by atoms with E-state index in [2.05, 4.69) is 50.9 Å². The van der Waals surface area contributed by atoms with Crippen LogP contribution in [0.1, 0.15) is 44.1 Å². The fourth-order valence-electron chi connectivity index (χ4n) is 4.91. The van der Waals surface area contributed by atoms with Gasteiger partial charge in [-0.2, -0.15) is 0 Å². The van der Waals surface area contributed by atoms with Crippen LogP contribution >= 0.6 is 0 Å². The number of nitrogens with zero attached hydrogens (tertiary/aromatic N) is 2. The molecule has 1 saturated heterocycles. The molecule has 0 spiro atoms. The van der Waals surface area contributed by atoms with Gasteiger partial charge in [0.1, 0.15) is 0 Å². The summed E-state index contributed by atoms with van der Waals surface area (Å²) in [5.41, 5.74) is 1.82. The van der Waals surface area contributed by atoms with Gasteiger partial charge in [-0.25, -0.2) is 0 Å². The zero-order valence-corrected chi connectivity index (χ0v) is 18.5. The summed E-state index contributed by atoms with van der Waals surface area (Å²) in [7, 11) is 3.69. The lowest BCUT2D eigenvalue weighted by Gasteiger charge is -2.30. The van der Waals surface area contributed by atoms with Gasteiger partial charge in [0.2, 0.25) is 0 Å². The van der Waals surface area contributed by atoms with Crippen LogP contribution < -0.4 is 10.6 Å². The molecule has 1 unspecified atom stereocenters. The van der Waals surface area contributed by atoms with Gasteiger partial charge in [0.05, 0.1) is 0 Å². The summed E-state index contributed by atoms with van der Waals surface area (Å²) in [5, 5.41) is 7.20. The maximum atomic E-state index is 5.36. The Morgan fingerprint density at radius 1 is 1.21 bits per heavy atom. The molecule has 1 atom stereocenters. The molecule has 2 fully saturated rings. The third kappa shape index (κ3) is 7.00. The number of benzene rings is 1. The minimum absolute atomic E-state index is 0.384. The van der Waals surface area contributed by atoms with Crippen LogP contribution in [-0.4, -0.2) is 64.3 Å². The Hall–Kier alpha value is -1.59. The van der Waals surface area contributed by atoms with Gasteiger partial charge in [-0.1, -0.05) is 43.2 Å². The topological polar surface area (TPSA) is 48.9 Å². The van der Waals surface area contributed by atoms with Gasteiger partial charge in [-0.15, -0.1) is 0 Å². The molecule has 29 heavy (non-hydrogen) atoms. The molecular formula is C24H40N4O. The second-order valence-corrected chi connectivity index (χ2v) is 8.95. The van der Waals surface area contributed by atoms with Crippen molar-refractivity contribution >= 4 is 5.96 Å². The molecule has 1 aromatic rings. The maximum Gasteiger partial charge on any atom is 0.191 e. The highest BCUT2D eigenvalue weighted by atomic mass is 16.5. The lowest BCUT2D eigenvalue weighted by atomic mass is 9.83. The third-order valence-electron chi connectivity index (χ3n) is 6.84. The molecule has 1 aliphatic carbocycles. The van der Waals surface area contributed by atoms with Crippen LogP contribution in [0.15, 0.2) is 35.3 Å². The second-order valence-electron chi connectivity index (χ2n) is 8.95. The smallest absolute Gasteiger partial charge is 0.191 e. The van der Waals surface area contributed by atoms with Crippen LogP contribution in [0.2, 0.25) is 0 Å². The van der Waals surface area contributed by atoms with E-state index in [0.29, 0.717) is 11.3 Å². The normalized spacial score (nSPS) is 22.1. The number of rotatable bonds is 10. The summed E-state index contributed by atoms with van der Waals surface area (Å²) >= 11 is 0. The fourth-order valence-corrected chi connectivity index (χ4v) is 4.91. The minimum atomic E-state index is 0.384. The summed E-state index contributed by atoms with van der Waals surface area (Å²) in [5.74, 6) is 1.66. The highest BCUT2D eigenvalue weighted by molar-refractivity contribution is 5.79. The highest BCUT2D eigenvalue weighted by Crippen LogP contribution is 2.40. The van der Waals surface area contributed by atoms with Gasteiger partial charge in [0, 0.05) is 46.9 Å². The van der Waals surface area contributed by atoms with Crippen molar-refractivity contribution in [2.45, 2.75) is 44.9 Å². The number of aliphatic imine (C=N–C) groups is 1. The number of ether oxygens (including phenoxy) is 1. The Morgan fingerprint density at radius 3 is 2.72 bits per heavy atom. The van der Waals surface area contributed by atoms with Gasteiger partial charge in [-0.3, -0.25) is 4.99 Å². The largest absolute Gasteiger partial charge is 0.385 e. The number of methoxy groups -OCH3 is 1. The van der Waals surface area contributed by atoms with Crippen LogP contribution in [0, 0.1) is 11.3 Å². The molecule has 1 aliphatic heterocycles. The number of guanidine groups is 1. The van der Waals surface area contributed by atoms with Crippen LogP contribution in [0.3, 0.4) is 0 Å². The van der Waals surface area contributed by atoms with Gasteiger partial charge < -0.3 is 20.3 Å². The molecule has 162 valence electrons. The highest BCUT2D eigenvalue weighted by Gasteiger charge is 2.33. The monoisotopic (exact) mass is 400 g/mol. The lowest BCUT2D eigenvalue weighted by Crippen LogP contribution is -2.45. The molecule has 2 N–H and O–H groups in total. The third-order valence-corrected chi connectivity index (χ3v) is 6.84. The van der Waals surface area contributed by atoms with Crippen molar-refractivity contribution in [3.63, 3.8) is 0 Å². The average molecular weight is 401 g/mol. The predicted octanol–water partition coefficient (Wildman–Crippen LogP) is 3.31. The molecule has 5 heteroatoms. The average Bonchev–Trinajstić information content (AvgIpc) is 3.42. The minimum Gasteiger partial charge on any atom is -0.385 e. The Morgan fingerprint density at radius 2 is 2.00 bits per heavy atom. The molecule has 2 aliphatic rings. The summed E-state index contributed by atoms with van der Waals surface area (Å²) in [6.07, 6.45) is 8.87. The first-order valence-electron chi connectivity index (χ1n) is 11.4. The van der Waals surface area contributed by atoms with Gasteiger partial charge in [-0.05, 0) is 55.5 Å². The van der Waals surface area contributed by atoms with Crippen molar-refractivity contribution in [2.24, 2.45) is 16.3 Å². The van der Waals surface area contributed by atoms with Crippen LogP contribution in [-0.2, 0) is 11.2 Å². The van der Waals surface area contributed by atoms with Crippen LogP contribution in [0.4, 0.5) is 0 Å². The Labute approximate surface area is 177 Å². The van der Waals surface area contributed by atoms with E-state index in [1.807, 2.05) is 7.05 Å². The molecule has 3 rings (SSSR count). The van der Waals surface area contributed by atoms with Crippen molar-refractivity contribution in [1.29, 1.82) is 0 Å². The summed E-state index contributed by atoms with van der Waals surface area (Å²) in [6, 6.07) is 10.8. The fraction of sp³-hybridized carbons (Fsp3) is 0.708. The molecule has 0 radical (unpaired) electrons. The van der Waals surface area contributed by atoms with Gasteiger partial charge in [0.15, 0.2) is 5.96 Å². The van der Waals surface area contributed by atoms with Crippen molar-refractivity contribution < 1.29 is 4.74 Å². The van der Waals surface area contributed by atoms with Gasteiger partial charge >= 0.3 is 0 Å². The maximum absolute atomic E-state index is 5.36. The summed E-state index contributed by atoms with van der Waals surface area (Å²) in [4.78, 5) is 7.07. The quantitative estimate of drug-likeness (QED) is 0.467. The zero-order valence-electron chi connectivity index (χ0n) is 18.5. The lowest BCUT2D eigenvalue weighted by molar-refractivity contribution is 0.138. The predicted molar refractivity (Wildman–Crippen MR) is 121 cm³/mol. The van der Waals surface area contributed by atoms with E-state index in [4.69, 9.17) is 4.74 Å². The molecule has 0 aromatic heterocycles. The van der Waals surface area contributed by atoms with E-state index in [1.54, 1.807) is 7.11 Å². The van der Waals surface area contributed by atoms with Gasteiger partial charge in [0.25, 0.3) is 0 Å². The van der Waals surface area contributed by atoms with E-state index >= 15 is 0 Å². The Balaban J connectivity index is 1.36. The first-order chi connectivity index (χ1) is 14.2. The molecule has 1 aromatic carbocycles. The SMILES string of the molecule is CN=C(NCC1CCN(CCc2ccccc2)C1)NCC1(CCOC)CCCC1. The van der Waals surface area contributed by atoms with E-state index in [9.17, 15) is 0 Å². The number of likely N-dealkylation sites (tertiary alicyclic amines) is 1. The van der Waals surface area contributed by atoms with Crippen molar-refractivity contribution in [3.8, 4) is 0 Å². The molecule has 1 saturated carbocycles. The van der Waals surface area contributed by atoms with Crippen molar-refractivity contribution in [1.82, 2.24) is 15.5 Å². The molecule has 1 heterocycles. The Bertz CT molecular complexity index is 613. The van der Waals surface area contributed by atoms with E-state index in [0.717, 1.165) is 45.0 Å². The first kappa shape index (κ1) is 22.1. The molecule has 0 bridgehead atoms. The summed E-state index contributed by atoms with van der Waals surface area (Å²) in [6.45, 7) is 6.43. The van der Waals surface area contributed by atoms with E-state index in [1.165, 1.54) is 50.8 Å². The van der Waals surface area contributed by atoms with Crippen LogP contribution in [0.5, 0.6) is 0 Å². The van der Waals surface area contributed by atoms with E-state index in [-0.39, 0.29) is 0 Å². The number of nitrogens with one attached hydrogen (secondary N) is 2. The Kier molecular flexibility index (Phi) is 8.81. The van der Waals surface area contributed by atoms with E-state index < -0.39 is 0 Å². The number of hydrogen-bond donors (Lipinski definition) is 2. The van der Waals surface area contributed by atoms with Crippen molar-refractivity contribution in [2.75, 3.05) is 53.5 Å². The van der Waals surface area contributed by atoms with Crippen LogP contribution in [0.25, 0.3) is 0 Å². The molecule has 0 amide bonds. The standard InChI is InChI=1S/C24H40N4O/c1-25-23(27-20-24(14-17-29-2)12-6-7-13-24)26-18-22-11-16-28(19-22)15-10-21-8-4-3-5-9-21/h3-5,8-9,22H,6-7,10-20H2,1-2H3,(H2,25,26,27). The first-order valence-corrected chi connectivity index (χ1v) is 11.4.